The van der Waals surface area contributed by atoms with Crippen molar-refractivity contribution < 1.29 is 18.3 Å². The first kappa shape index (κ1) is 13.3. The van der Waals surface area contributed by atoms with Crippen molar-refractivity contribution in [3.63, 3.8) is 0 Å². The maximum Gasteiger partial charge on any atom is 0.418 e. The zero-order chi connectivity index (χ0) is 13.2. The van der Waals surface area contributed by atoms with Gasteiger partial charge in [0.25, 0.3) is 0 Å². The third-order valence-electron chi connectivity index (χ3n) is 3.05. The Kier molecular flexibility index (Phi) is 3.87. The van der Waals surface area contributed by atoms with E-state index in [0.29, 0.717) is 19.5 Å². The molecule has 1 aromatic rings. The zero-order valence-corrected chi connectivity index (χ0v) is 9.82. The second-order valence-corrected chi connectivity index (χ2v) is 4.53. The normalized spacial score (nSPS) is 22.1. The van der Waals surface area contributed by atoms with Crippen LogP contribution in [0.4, 0.5) is 13.2 Å². The standard InChI is InChI=1S/C12H15F3N2O/c13-12(14,15)10-4-1-5-16-11(10)8-17-6-2-3-9(18)7-17/h1,4-5,9,18H,2-3,6-8H2. The molecule has 0 saturated carbocycles. The molecule has 18 heavy (non-hydrogen) atoms. The summed E-state index contributed by atoms with van der Waals surface area (Å²) in [5.41, 5.74) is -0.663. The van der Waals surface area contributed by atoms with E-state index < -0.39 is 17.8 Å². The molecule has 100 valence electrons. The van der Waals surface area contributed by atoms with Gasteiger partial charge in [0, 0.05) is 19.3 Å². The number of aromatic nitrogens is 1. The molecular weight excluding hydrogens is 245 g/mol. The molecule has 0 aromatic carbocycles. The number of aliphatic hydroxyl groups excluding tert-OH is 1. The molecule has 3 nitrogen and oxygen atoms in total. The molecule has 1 fully saturated rings. The summed E-state index contributed by atoms with van der Waals surface area (Å²) in [5, 5.41) is 9.50. The molecule has 1 saturated heterocycles. The fourth-order valence-electron chi connectivity index (χ4n) is 2.21. The van der Waals surface area contributed by atoms with Crippen LogP contribution in [0.15, 0.2) is 18.3 Å². The number of β-amino-alcohol motifs (C(OH)–C–C–N with tert-alkyl or cyclic N) is 1. The van der Waals surface area contributed by atoms with Crippen molar-refractivity contribution >= 4 is 0 Å². The van der Waals surface area contributed by atoms with Crippen LogP contribution < -0.4 is 0 Å². The Labute approximate surface area is 103 Å². The van der Waals surface area contributed by atoms with Gasteiger partial charge in [-0.3, -0.25) is 9.88 Å². The van der Waals surface area contributed by atoms with E-state index in [0.717, 1.165) is 12.5 Å². The number of rotatable bonds is 2. The van der Waals surface area contributed by atoms with Crippen LogP contribution in [0.5, 0.6) is 0 Å². The number of hydrogen-bond donors (Lipinski definition) is 1. The Hall–Kier alpha value is -1.14. The van der Waals surface area contributed by atoms with Gasteiger partial charge >= 0.3 is 6.18 Å². The number of nitrogens with zero attached hydrogens (tertiary/aromatic N) is 2. The summed E-state index contributed by atoms with van der Waals surface area (Å²) in [5.74, 6) is 0. The number of alkyl halides is 3. The Morgan fingerprint density at radius 1 is 1.44 bits per heavy atom. The molecule has 0 radical (unpaired) electrons. The van der Waals surface area contributed by atoms with E-state index in [9.17, 15) is 18.3 Å². The maximum absolute atomic E-state index is 12.8. The van der Waals surface area contributed by atoms with E-state index in [1.165, 1.54) is 12.3 Å². The van der Waals surface area contributed by atoms with Gasteiger partial charge in [-0.1, -0.05) is 0 Å². The molecule has 1 aliphatic heterocycles. The molecule has 1 N–H and O–H groups in total. The van der Waals surface area contributed by atoms with Gasteiger partial charge < -0.3 is 5.11 Å². The Balaban J connectivity index is 2.13. The highest BCUT2D eigenvalue weighted by molar-refractivity contribution is 5.23. The van der Waals surface area contributed by atoms with E-state index in [-0.39, 0.29) is 12.2 Å². The lowest BCUT2D eigenvalue weighted by Crippen LogP contribution is -2.38. The maximum atomic E-state index is 12.8. The molecule has 1 aliphatic rings. The fourth-order valence-corrected chi connectivity index (χ4v) is 2.21. The van der Waals surface area contributed by atoms with Crippen LogP contribution in [0.2, 0.25) is 0 Å². The van der Waals surface area contributed by atoms with E-state index in [4.69, 9.17) is 0 Å². The van der Waals surface area contributed by atoms with Crippen LogP contribution in [0, 0.1) is 0 Å². The third-order valence-corrected chi connectivity index (χ3v) is 3.05. The summed E-state index contributed by atoms with van der Waals surface area (Å²) in [7, 11) is 0. The summed E-state index contributed by atoms with van der Waals surface area (Å²) < 4.78 is 38.3. The molecule has 0 amide bonds. The molecule has 0 bridgehead atoms. The number of piperidine rings is 1. The number of likely N-dealkylation sites (tertiary alicyclic amines) is 1. The molecule has 6 heteroatoms. The lowest BCUT2D eigenvalue weighted by Gasteiger charge is -2.30. The van der Waals surface area contributed by atoms with Crippen LogP contribution in [0.25, 0.3) is 0 Å². The van der Waals surface area contributed by atoms with E-state index in [1.807, 2.05) is 4.90 Å². The minimum Gasteiger partial charge on any atom is -0.392 e. The van der Waals surface area contributed by atoms with Gasteiger partial charge in [-0.2, -0.15) is 13.2 Å². The highest BCUT2D eigenvalue weighted by atomic mass is 19.4. The predicted molar refractivity (Wildman–Crippen MR) is 59.8 cm³/mol. The zero-order valence-electron chi connectivity index (χ0n) is 9.82. The SMILES string of the molecule is OC1CCCN(Cc2ncccc2C(F)(F)F)C1. The summed E-state index contributed by atoms with van der Waals surface area (Å²) in [6, 6.07) is 2.33. The number of hydrogen-bond acceptors (Lipinski definition) is 3. The van der Waals surface area contributed by atoms with Crippen molar-refractivity contribution in [1.29, 1.82) is 0 Å². The first-order valence-corrected chi connectivity index (χ1v) is 5.88. The van der Waals surface area contributed by atoms with Crippen LogP contribution in [0.3, 0.4) is 0 Å². The molecular formula is C12H15F3N2O. The van der Waals surface area contributed by atoms with E-state index >= 15 is 0 Å². The number of halogens is 3. The average molecular weight is 260 g/mol. The fraction of sp³-hybridized carbons (Fsp3) is 0.583. The smallest absolute Gasteiger partial charge is 0.392 e. The first-order chi connectivity index (χ1) is 8.47. The molecule has 0 spiro atoms. The number of aliphatic hydroxyl groups is 1. The van der Waals surface area contributed by atoms with Crippen molar-refractivity contribution in [2.75, 3.05) is 13.1 Å². The molecule has 1 unspecified atom stereocenters. The Morgan fingerprint density at radius 3 is 2.89 bits per heavy atom. The Morgan fingerprint density at radius 2 is 2.22 bits per heavy atom. The summed E-state index contributed by atoms with van der Waals surface area (Å²) in [6.07, 6.45) is -1.94. The molecule has 2 rings (SSSR count). The predicted octanol–water partition coefficient (Wildman–Crippen LogP) is 2.06. The van der Waals surface area contributed by atoms with Crippen molar-refractivity contribution in [3.8, 4) is 0 Å². The van der Waals surface area contributed by atoms with Gasteiger partial charge in [0.2, 0.25) is 0 Å². The van der Waals surface area contributed by atoms with Crippen molar-refractivity contribution in [2.45, 2.75) is 31.7 Å². The van der Waals surface area contributed by atoms with Crippen molar-refractivity contribution in [1.82, 2.24) is 9.88 Å². The second-order valence-electron chi connectivity index (χ2n) is 4.53. The van der Waals surface area contributed by atoms with Gasteiger partial charge in [-0.05, 0) is 31.5 Å². The quantitative estimate of drug-likeness (QED) is 0.884. The average Bonchev–Trinajstić information content (AvgIpc) is 2.28. The van der Waals surface area contributed by atoms with E-state index in [1.54, 1.807) is 0 Å². The summed E-state index contributed by atoms with van der Waals surface area (Å²) in [4.78, 5) is 5.63. The van der Waals surface area contributed by atoms with Gasteiger partial charge in [0.05, 0.1) is 17.4 Å². The van der Waals surface area contributed by atoms with Gasteiger partial charge in [0.1, 0.15) is 0 Å². The molecule has 1 aromatic heterocycles. The minimum atomic E-state index is -4.38. The van der Waals surface area contributed by atoms with Crippen LogP contribution in [-0.2, 0) is 12.7 Å². The van der Waals surface area contributed by atoms with Crippen LogP contribution in [0.1, 0.15) is 24.1 Å². The summed E-state index contributed by atoms with van der Waals surface area (Å²) >= 11 is 0. The highest BCUT2D eigenvalue weighted by Gasteiger charge is 2.34. The van der Waals surface area contributed by atoms with Crippen molar-refractivity contribution in [2.24, 2.45) is 0 Å². The summed E-state index contributed by atoms with van der Waals surface area (Å²) in [6.45, 7) is 1.24. The Bertz CT molecular complexity index is 409. The molecule has 2 heterocycles. The lowest BCUT2D eigenvalue weighted by atomic mass is 10.1. The van der Waals surface area contributed by atoms with Gasteiger partial charge in [-0.25, -0.2) is 0 Å². The highest BCUT2D eigenvalue weighted by Crippen LogP contribution is 2.31. The van der Waals surface area contributed by atoms with Crippen molar-refractivity contribution in [3.05, 3.63) is 29.6 Å². The van der Waals surface area contributed by atoms with Gasteiger partial charge in [0.15, 0.2) is 0 Å². The van der Waals surface area contributed by atoms with Crippen LogP contribution >= 0.6 is 0 Å². The van der Waals surface area contributed by atoms with Gasteiger partial charge in [-0.15, -0.1) is 0 Å². The monoisotopic (exact) mass is 260 g/mol. The minimum absolute atomic E-state index is 0.0269. The van der Waals surface area contributed by atoms with Crippen LogP contribution in [-0.4, -0.2) is 34.2 Å². The number of pyridine rings is 1. The largest absolute Gasteiger partial charge is 0.418 e. The van der Waals surface area contributed by atoms with E-state index in [2.05, 4.69) is 4.98 Å². The topological polar surface area (TPSA) is 36.4 Å². The molecule has 1 atom stereocenters. The first-order valence-electron chi connectivity index (χ1n) is 5.88. The lowest BCUT2D eigenvalue weighted by molar-refractivity contribution is -0.138. The second kappa shape index (κ2) is 5.24. The molecule has 0 aliphatic carbocycles. The third kappa shape index (κ3) is 3.20.